The minimum Gasteiger partial charge on any atom is -0.455 e. The van der Waals surface area contributed by atoms with Crippen molar-refractivity contribution in [3.05, 3.63) is 52.3 Å². The van der Waals surface area contributed by atoms with E-state index in [2.05, 4.69) is 10.0 Å². The summed E-state index contributed by atoms with van der Waals surface area (Å²) in [7, 11) is 0. The fourth-order valence-corrected chi connectivity index (χ4v) is 1.28. The van der Waals surface area contributed by atoms with Gasteiger partial charge in [0.2, 0.25) is 0 Å². The van der Waals surface area contributed by atoms with Crippen LogP contribution in [0.15, 0.2) is 29.8 Å². The summed E-state index contributed by atoms with van der Waals surface area (Å²) in [6, 6.07) is 2.15. The monoisotopic (exact) mass is 225 g/mol. The molecule has 0 aromatic heterocycles. The molecule has 0 atom stereocenters. The Morgan fingerprint density at radius 1 is 1.25 bits per heavy atom. The van der Waals surface area contributed by atoms with Crippen LogP contribution in [-0.4, -0.2) is 0 Å². The third-order valence-electron chi connectivity index (χ3n) is 1.96. The first-order valence-corrected chi connectivity index (χ1v) is 4.23. The molecular formula is C9H5F2N3O2. The highest BCUT2D eigenvalue weighted by molar-refractivity contribution is 5.48. The Morgan fingerprint density at radius 3 is 2.56 bits per heavy atom. The molecule has 1 heterocycles. The largest absolute Gasteiger partial charge is 0.455 e. The quantitative estimate of drug-likeness (QED) is 0.439. The Bertz CT molecular complexity index is 490. The van der Waals surface area contributed by atoms with Crippen LogP contribution < -0.4 is 0 Å². The Kier molecular flexibility index (Phi) is 2.61. The average molecular weight is 225 g/mol. The number of halogens is 2. The third kappa shape index (κ3) is 1.64. The van der Waals surface area contributed by atoms with Crippen LogP contribution in [0.25, 0.3) is 10.4 Å². The summed E-state index contributed by atoms with van der Waals surface area (Å²) in [5, 5.41) is 3.09. The van der Waals surface area contributed by atoms with E-state index >= 15 is 0 Å². The maximum atomic E-state index is 13.3. The van der Waals surface area contributed by atoms with Crippen LogP contribution in [0.4, 0.5) is 14.5 Å². The van der Waals surface area contributed by atoms with Crippen molar-refractivity contribution in [2.45, 2.75) is 6.29 Å². The molecule has 0 N–H and O–H groups in total. The van der Waals surface area contributed by atoms with Gasteiger partial charge < -0.3 is 9.47 Å². The summed E-state index contributed by atoms with van der Waals surface area (Å²) in [6.45, 7) is 0. The van der Waals surface area contributed by atoms with Gasteiger partial charge in [-0.25, -0.2) is 8.78 Å². The summed E-state index contributed by atoms with van der Waals surface area (Å²) < 4.78 is 36.1. The Hall–Kier alpha value is -2.27. The van der Waals surface area contributed by atoms with Gasteiger partial charge in [0.1, 0.15) is 12.5 Å². The second-order valence-corrected chi connectivity index (χ2v) is 2.86. The average Bonchev–Trinajstić information content (AvgIpc) is 2.79. The lowest BCUT2D eigenvalue weighted by molar-refractivity contribution is -0.0243. The number of nitrogens with zero attached hydrogens (tertiary/aromatic N) is 3. The first kappa shape index (κ1) is 10.3. The molecule has 16 heavy (non-hydrogen) atoms. The highest BCUT2D eigenvalue weighted by Crippen LogP contribution is 2.34. The molecule has 5 nitrogen and oxygen atoms in total. The van der Waals surface area contributed by atoms with E-state index in [1.165, 1.54) is 18.6 Å². The minimum absolute atomic E-state index is 0.127. The lowest BCUT2D eigenvalue weighted by Crippen LogP contribution is -2.00. The van der Waals surface area contributed by atoms with Crippen molar-refractivity contribution in [2.24, 2.45) is 5.11 Å². The zero-order chi connectivity index (χ0) is 11.5. The van der Waals surface area contributed by atoms with Gasteiger partial charge in [-0.15, -0.1) is 0 Å². The molecular weight excluding hydrogens is 220 g/mol. The number of azide groups is 1. The van der Waals surface area contributed by atoms with Crippen LogP contribution >= 0.6 is 0 Å². The van der Waals surface area contributed by atoms with Gasteiger partial charge in [0.25, 0.3) is 6.29 Å². The molecule has 0 unspecified atom stereocenters. The second kappa shape index (κ2) is 4.08. The maximum absolute atomic E-state index is 13.3. The number of benzene rings is 1. The fraction of sp³-hybridized carbons (Fsp3) is 0.111. The van der Waals surface area contributed by atoms with E-state index in [4.69, 9.17) is 15.0 Å². The summed E-state index contributed by atoms with van der Waals surface area (Å²) >= 11 is 0. The van der Waals surface area contributed by atoms with Gasteiger partial charge in [-0.1, -0.05) is 5.11 Å². The molecule has 0 saturated heterocycles. The Morgan fingerprint density at radius 2 is 1.94 bits per heavy atom. The zero-order valence-corrected chi connectivity index (χ0v) is 7.80. The van der Waals surface area contributed by atoms with Crippen LogP contribution in [-0.2, 0) is 9.47 Å². The molecule has 82 valence electrons. The lowest BCUT2D eigenvalue weighted by Gasteiger charge is -2.13. The highest BCUT2D eigenvalue weighted by Gasteiger charge is 2.23. The first-order chi connectivity index (χ1) is 7.74. The molecule has 1 aromatic carbocycles. The van der Waals surface area contributed by atoms with Crippen LogP contribution in [0.2, 0.25) is 0 Å². The number of ether oxygens (including phenoxy) is 2. The standard InChI is InChI=1S/C9H5F2N3O2/c10-6-2-1-5(9-15-3-4-16-9)8(7(6)11)13-14-12/h1-4,9H. The van der Waals surface area contributed by atoms with Gasteiger partial charge >= 0.3 is 0 Å². The normalized spacial score (nSPS) is 14.1. The van der Waals surface area contributed by atoms with E-state index in [9.17, 15) is 8.78 Å². The van der Waals surface area contributed by atoms with E-state index in [0.29, 0.717) is 0 Å². The summed E-state index contributed by atoms with van der Waals surface area (Å²) in [6.07, 6.45) is 1.59. The molecule has 1 aliphatic rings. The predicted molar refractivity (Wildman–Crippen MR) is 49.2 cm³/mol. The predicted octanol–water partition coefficient (Wildman–Crippen LogP) is 3.42. The number of rotatable bonds is 2. The minimum atomic E-state index is -1.23. The molecule has 7 heteroatoms. The van der Waals surface area contributed by atoms with Gasteiger partial charge in [-0.3, -0.25) is 0 Å². The molecule has 0 amide bonds. The van der Waals surface area contributed by atoms with Crippen molar-refractivity contribution in [2.75, 3.05) is 0 Å². The van der Waals surface area contributed by atoms with Crippen LogP contribution in [0.5, 0.6) is 0 Å². The van der Waals surface area contributed by atoms with Gasteiger partial charge in [0.15, 0.2) is 11.6 Å². The van der Waals surface area contributed by atoms with E-state index in [0.717, 1.165) is 6.07 Å². The topological polar surface area (TPSA) is 67.2 Å². The fourth-order valence-electron chi connectivity index (χ4n) is 1.28. The molecule has 0 spiro atoms. The Labute approximate surface area is 88.5 Å². The van der Waals surface area contributed by atoms with E-state index in [-0.39, 0.29) is 5.56 Å². The van der Waals surface area contributed by atoms with E-state index in [1.54, 1.807) is 0 Å². The number of hydrogen-bond donors (Lipinski definition) is 0. The molecule has 0 radical (unpaired) electrons. The molecule has 1 aliphatic heterocycles. The molecule has 0 aliphatic carbocycles. The maximum Gasteiger partial charge on any atom is 0.266 e. The molecule has 1 aromatic rings. The molecule has 2 rings (SSSR count). The SMILES string of the molecule is [N-]=[N+]=Nc1c(C2OC=CO2)ccc(F)c1F. The van der Waals surface area contributed by atoms with Gasteiger partial charge in [0, 0.05) is 10.5 Å². The van der Waals surface area contributed by atoms with E-state index < -0.39 is 23.6 Å². The first-order valence-electron chi connectivity index (χ1n) is 4.23. The Balaban J connectivity index is 2.51. The van der Waals surface area contributed by atoms with E-state index in [1.807, 2.05) is 0 Å². The second-order valence-electron chi connectivity index (χ2n) is 2.86. The van der Waals surface area contributed by atoms with Gasteiger partial charge in [-0.2, -0.15) is 0 Å². The van der Waals surface area contributed by atoms with Gasteiger partial charge in [-0.05, 0) is 17.7 Å². The number of hydrogen-bond acceptors (Lipinski definition) is 3. The van der Waals surface area contributed by atoms with Gasteiger partial charge in [0.05, 0.1) is 5.69 Å². The van der Waals surface area contributed by atoms with Crippen molar-refractivity contribution in [3.8, 4) is 0 Å². The van der Waals surface area contributed by atoms with Crippen LogP contribution in [0.3, 0.4) is 0 Å². The third-order valence-corrected chi connectivity index (χ3v) is 1.96. The molecule has 0 fully saturated rings. The van der Waals surface area contributed by atoms with Crippen molar-refractivity contribution < 1.29 is 18.3 Å². The summed E-state index contributed by atoms with van der Waals surface area (Å²) in [5.41, 5.74) is 7.94. The highest BCUT2D eigenvalue weighted by atomic mass is 19.2. The van der Waals surface area contributed by atoms with Crippen molar-refractivity contribution in [1.29, 1.82) is 0 Å². The van der Waals surface area contributed by atoms with Crippen molar-refractivity contribution in [3.63, 3.8) is 0 Å². The summed E-state index contributed by atoms with van der Waals surface area (Å²) in [5.74, 6) is -2.33. The smallest absolute Gasteiger partial charge is 0.266 e. The van der Waals surface area contributed by atoms with Crippen molar-refractivity contribution >= 4 is 5.69 Å². The molecule has 0 saturated carbocycles. The molecule has 0 bridgehead atoms. The summed E-state index contributed by atoms with van der Waals surface area (Å²) in [4.78, 5) is 2.43. The zero-order valence-electron chi connectivity index (χ0n) is 7.80. The van der Waals surface area contributed by atoms with Crippen molar-refractivity contribution in [1.82, 2.24) is 0 Å². The van der Waals surface area contributed by atoms with Crippen LogP contribution in [0, 0.1) is 11.6 Å². The van der Waals surface area contributed by atoms with Crippen LogP contribution in [0.1, 0.15) is 11.9 Å². The lowest BCUT2D eigenvalue weighted by atomic mass is 10.1.